The van der Waals surface area contributed by atoms with Crippen LogP contribution in [-0.4, -0.2) is 38.2 Å². The Morgan fingerprint density at radius 3 is 2.38 bits per heavy atom. The third-order valence-electron chi connectivity index (χ3n) is 2.35. The van der Waals surface area contributed by atoms with Crippen LogP contribution in [-0.2, 0) is 0 Å². The zero-order valence-corrected chi connectivity index (χ0v) is 10.1. The van der Waals surface area contributed by atoms with Gasteiger partial charge in [0.2, 0.25) is 5.88 Å². The van der Waals surface area contributed by atoms with Crippen molar-refractivity contribution in [1.82, 2.24) is 14.5 Å². The SMILES string of the molecule is COc1nc([N+](C)(C)C)nc2ccccc12. The highest BCUT2D eigenvalue weighted by Gasteiger charge is 2.19. The third kappa shape index (κ3) is 1.84. The van der Waals surface area contributed by atoms with E-state index in [9.17, 15) is 0 Å². The van der Waals surface area contributed by atoms with Crippen molar-refractivity contribution in [3.05, 3.63) is 24.3 Å². The molecule has 0 aliphatic carbocycles. The first-order valence-electron chi connectivity index (χ1n) is 5.15. The van der Waals surface area contributed by atoms with Crippen LogP contribution < -0.4 is 9.22 Å². The molecular formula is C12H16N3O+. The molecule has 84 valence electrons. The van der Waals surface area contributed by atoms with Gasteiger partial charge in [-0.3, -0.25) is 4.48 Å². The molecule has 0 bridgehead atoms. The van der Waals surface area contributed by atoms with Gasteiger partial charge in [-0.2, -0.15) is 4.98 Å². The molecule has 2 aromatic rings. The summed E-state index contributed by atoms with van der Waals surface area (Å²) in [5.74, 6) is 1.38. The zero-order chi connectivity index (χ0) is 11.8. The van der Waals surface area contributed by atoms with E-state index in [4.69, 9.17) is 4.74 Å². The van der Waals surface area contributed by atoms with E-state index < -0.39 is 0 Å². The first kappa shape index (κ1) is 10.8. The second kappa shape index (κ2) is 3.72. The molecule has 16 heavy (non-hydrogen) atoms. The highest BCUT2D eigenvalue weighted by atomic mass is 16.5. The third-order valence-corrected chi connectivity index (χ3v) is 2.35. The molecule has 0 atom stereocenters. The quantitative estimate of drug-likeness (QED) is 0.721. The summed E-state index contributed by atoms with van der Waals surface area (Å²) in [5.41, 5.74) is 0.914. The second-order valence-electron chi connectivity index (χ2n) is 4.56. The molecule has 1 heterocycles. The number of hydrogen-bond acceptors (Lipinski definition) is 3. The predicted octanol–water partition coefficient (Wildman–Crippen LogP) is 1.84. The van der Waals surface area contributed by atoms with Gasteiger partial charge in [-0.05, 0) is 12.1 Å². The maximum Gasteiger partial charge on any atom is 0.332 e. The highest BCUT2D eigenvalue weighted by molar-refractivity contribution is 5.84. The molecular weight excluding hydrogens is 202 g/mol. The van der Waals surface area contributed by atoms with Crippen molar-refractivity contribution in [3.63, 3.8) is 0 Å². The van der Waals surface area contributed by atoms with Crippen LogP contribution in [0, 0.1) is 0 Å². The summed E-state index contributed by atoms with van der Waals surface area (Å²) in [6.07, 6.45) is 0. The molecule has 0 spiro atoms. The van der Waals surface area contributed by atoms with E-state index in [1.807, 2.05) is 45.4 Å². The Balaban J connectivity index is 2.73. The number of para-hydroxylation sites is 1. The molecule has 2 rings (SSSR count). The molecule has 0 unspecified atom stereocenters. The minimum absolute atomic E-state index is 0.571. The Morgan fingerprint density at radius 1 is 1.06 bits per heavy atom. The maximum atomic E-state index is 5.30. The first-order chi connectivity index (χ1) is 7.52. The van der Waals surface area contributed by atoms with Crippen LogP contribution in [0.25, 0.3) is 10.9 Å². The summed E-state index contributed by atoms with van der Waals surface area (Å²) in [4.78, 5) is 8.97. The van der Waals surface area contributed by atoms with Gasteiger partial charge in [0.05, 0.1) is 39.2 Å². The van der Waals surface area contributed by atoms with Crippen molar-refractivity contribution >= 4 is 16.9 Å². The van der Waals surface area contributed by atoms with E-state index in [0.717, 1.165) is 16.9 Å². The van der Waals surface area contributed by atoms with Gasteiger partial charge < -0.3 is 4.74 Å². The molecule has 4 nitrogen and oxygen atoms in total. The van der Waals surface area contributed by atoms with E-state index >= 15 is 0 Å². The molecule has 0 amide bonds. The van der Waals surface area contributed by atoms with E-state index in [2.05, 4.69) is 9.97 Å². The largest absolute Gasteiger partial charge is 0.480 e. The van der Waals surface area contributed by atoms with Crippen LogP contribution in [0.1, 0.15) is 0 Å². The van der Waals surface area contributed by atoms with E-state index in [1.165, 1.54) is 0 Å². The van der Waals surface area contributed by atoms with Gasteiger partial charge in [0.15, 0.2) is 0 Å². The number of aromatic nitrogens is 2. The second-order valence-corrected chi connectivity index (χ2v) is 4.56. The van der Waals surface area contributed by atoms with Crippen LogP contribution in [0.3, 0.4) is 0 Å². The molecule has 0 N–H and O–H groups in total. The lowest BCUT2D eigenvalue weighted by atomic mass is 10.2. The topological polar surface area (TPSA) is 35.0 Å². The van der Waals surface area contributed by atoms with Gasteiger partial charge in [-0.25, -0.2) is 0 Å². The van der Waals surface area contributed by atoms with Crippen LogP contribution in [0.5, 0.6) is 5.88 Å². The van der Waals surface area contributed by atoms with Crippen molar-refractivity contribution in [2.45, 2.75) is 0 Å². The standard InChI is InChI=1S/C12H16N3O/c1-15(2,3)12-13-10-8-6-5-7-9(10)11(14-12)16-4/h5-8H,1-4H3/q+1. The van der Waals surface area contributed by atoms with Crippen LogP contribution in [0.4, 0.5) is 5.95 Å². The van der Waals surface area contributed by atoms with Crippen LogP contribution in [0.15, 0.2) is 24.3 Å². The lowest BCUT2D eigenvalue weighted by Crippen LogP contribution is -2.36. The molecule has 0 aliphatic rings. The number of rotatable bonds is 2. The van der Waals surface area contributed by atoms with Crippen molar-refractivity contribution in [3.8, 4) is 5.88 Å². The molecule has 4 heteroatoms. The van der Waals surface area contributed by atoms with E-state index in [-0.39, 0.29) is 0 Å². The van der Waals surface area contributed by atoms with Crippen molar-refractivity contribution in [1.29, 1.82) is 0 Å². The van der Waals surface area contributed by atoms with E-state index in [1.54, 1.807) is 7.11 Å². The van der Waals surface area contributed by atoms with Gasteiger partial charge >= 0.3 is 5.95 Å². The fraction of sp³-hybridized carbons (Fsp3) is 0.333. The monoisotopic (exact) mass is 218 g/mol. The van der Waals surface area contributed by atoms with Crippen LogP contribution in [0.2, 0.25) is 0 Å². The molecule has 0 saturated heterocycles. The first-order valence-corrected chi connectivity index (χ1v) is 5.15. The Bertz CT molecular complexity index is 517. The number of fused-ring (bicyclic) bond motifs is 1. The fourth-order valence-corrected chi connectivity index (χ4v) is 1.49. The van der Waals surface area contributed by atoms with Gasteiger partial charge in [0.1, 0.15) is 0 Å². The van der Waals surface area contributed by atoms with E-state index in [0.29, 0.717) is 10.4 Å². The molecule has 0 fully saturated rings. The van der Waals surface area contributed by atoms with Crippen molar-refractivity contribution in [2.24, 2.45) is 0 Å². The molecule has 1 aromatic heterocycles. The zero-order valence-electron chi connectivity index (χ0n) is 10.1. The smallest absolute Gasteiger partial charge is 0.332 e. The summed E-state index contributed by atoms with van der Waals surface area (Å²) in [6, 6.07) is 7.86. The van der Waals surface area contributed by atoms with Crippen molar-refractivity contribution < 1.29 is 4.74 Å². The Labute approximate surface area is 95.1 Å². The van der Waals surface area contributed by atoms with Crippen LogP contribution >= 0.6 is 0 Å². The molecule has 1 aromatic carbocycles. The number of hydrogen-bond donors (Lipinski definition) is 0. The summed E-state index contributed by atoms with van der Waals surface area (Å²) in [6.45, 7) is 0. The molecule has 0 aliphatic heterocycles. The summed E-state index contributed by atoms with van der Waals surface area (Å²) < 4.78 is 5.87. The number of quaternary nitrogens is 1. The Hall–Kier alpha value is -1.68. The van der Waals surface area contributed by atoms with Crippen molar-refractivity contribution in [2.75, 3.05) is 28.3 Å². The minimum atomic E-state index is 0.571. The average Bonchev–Trinajstić information content (AvgIpc) is 2.26. The Morgan fingerprint density at radius 2 is 1.75 bits per heavy atom. The van der Waals surface area contributed by atoms with Gasteiger partial charge in [-0.15, -0.1) is 4.98 Å². The Kier molecular flexibility index (Phi) is 2.52. The number of nitrogens with zero attached hydrogens (tertiary/aromatic N) is 3. The van der Waals surface area contributed by atoms with Gasteiger partial charge in [-0.1, -0.05) is 12.1 Å². The minimum Gasteiger partial charge on any atom is -0.480 e. The summed E-state index contributed by atoms with van der Waals surface area (Å²) in [7, 11) is 7.73. The number of methoxy groups -OCH3 is 1. The maximum absolute atomic E-state index is 5.30. The summed E-state index contributed by atoms with van der Waals surface area (Å²) >= 11 is 0. The molecule has 0 radical (unpaired) electrons. The fourth-order valence-electron chi connectivity index (χ4n) is 1.49. The highest BCUT2D eigenvalue weighted by Crippen LogP contribution is 2.25. The van der Waals surface area contributed by atoms with Gasteiger partial charge in [0, 0.05) is 0 Å². The lowest BCUT2D eigenvalue weighted by Gasteiger charge is -2.20. The average molecular weight is 218 g/mol. The molecule has 0 saturated carbocycles. The van der Waals surface area contributed by atoms with Gasteiger partial charge in [0.25, 0.3) is 0 Å². The summed E-state index contributed by atoms with van der Waals surface area (Å²) in [5, 5.41) is 0.946. The number of ether oxygens (including phenoxy) is 1. The normalized spacial score (nSPS) is 11.8. The predicted molar refractivity (Wildman–Crippen MR) is 65.7 cm³/mol. The number of benzene rings is 1. The lowest BCUT2D eigenvalue weighted by molar-refractivity contribution is 0.391.